The van der Waals surface area contributed by atoms with Gasteiger partial charge in [-0.3, -0.25) is 4.79 Å². The molecule has 1 aliphatic rings. The van der Waals surface area contributed by atoms with E-state index in [0.29, 0.717) is 6.42 Å². The summed E-state index contributed by atoms with van der Waals surface area (Å²) in [5.41, 5.74) is 0.657. The Morgan fingerprint density at radius 1 is 1.33 bits per heavy atom. The molecule has 2 nitrogen and oxygen atoms in total. The second kappa shape index (κ2) is 6.18. The van der Waals surface area contributed by atoms with Gasteiger partial charge < -0.3 is 5.32 Å². The van der Waals surface area contributed by atoms with Gasteiger partial charge in [0.2, 0.25) is 5.91 Å². The summed E-state index contributed by atoms with van der Waals surface area (Å²) in [6.07, 6.45) is 2.52. The van der Waals surface area contributed by atoms with Crippen LogP contribution in [-0.2, 0) is 11.2 Å². The van der Waals surface area contributed by atoms with Crippen LogP contribution in [0.25, 0.3) is 0 Å². The van der Waals surface area contributed by atoms with Gasteiger partial charge in [-0.25, -0.2) is 0 Å². The third-order valence-corrected chi connectivity index (χ3v) is 6.17. The third-order valence-electron chi connectivity index (χ3n) is 4.84. The molecule has 1 amide bonds. The highest BCUT2D eigenvalue weighted by molar-refractivity contribution is 6.53. The molecule has 1 N–H and O–H groups in total. The molecule has 4 heteroatoms. The summed E-state index contributed by atoms with van der Waals surface area (Å²) in [7, 11) is 0. The summed E-state index contributed by atoms with van der Waals surface area (Å²) in [6.45, 7) is 5.94. The van der Waals surface area contributed by atoms with E-state index in [2.05, 4.69) is 17.4 Å². The molecule has 0 radical (unpaired) electrons. The smallest absolute Gasteiger partial charge is 0.229 e. The molecule has 1 fully saturated rings. The molecule has 2 rings (SSSR count). The average molecular weight is 328 g/mol. The topological polar surface area (TPSA) is 29.1 Å². The Labute approximate surface area is 137 Å². The molecule has 1 aliphatic carbocycles. The van der Waals surface area contributed by atoms with E-state index in [1.807, 2.05) is 39.0 Å². The Kier molecular flexibility index (Phi) is 4.89. The Hall–Kier alpha value is -0.730. The maximum atomic E-state index is 12.5. The summed E-state index contributed by atoms with van der Waals surface area (Å²) < 4.78 is -0.926. The van der Waals surface area contributed by atoms with Crippen LogP contribution in [0.15, 0.2) is 30.3 Å². The number of hydrogen-bond donors (Lipinski definition) is 1. The van der Waals surface area contributed by atoms with Gasteiger partial charge in [-0.2, -0.15) is 0 Å². The first-order chi connectivity index (χ1) is 9.86. The van der Waals surface area contributed by atoms with Crippen LogP contribution >= 0.6 is 23.2 Å². The molecule has 0 aliphatic heterocycles. The molecule has 3 atom stereocenters. The van der Waals surface area contributed by atoms with E-state index in [9.17, 15) is 4.79 Å². The van der Waals surface area contributed by atoms with Gasteiger partial charge in [0.25, 0.3) is 0 Å². The Balaban J connectivity index is 1.88. The normalized spacial score (nSPS) is 28.0. The van der Waals surface area contributed by atoms with Crippen molar-refractivity contribution in [3.8, 4) is 0 Å². The first-order valence-electron chi connectivity index (χ1n) is 7.59. The van der Waals surface area contributed by atoms with Gasteiger partial charge in [0.15, 0.2) is 0 Å². The van der Waals surface area contributed by atoms with E-state index in [4.69, 9.17) is 23.2 Å². The van der Waals surface area contributed by atoms with Crippen molar-refractivity contribution in [1.82, 2.24) is 5.32 Å². The predicted molar refractivity (Wildman–Crippen MR) is 88.7 cm³/mol. The summed E-state index contributed by atoms with van der Waals surface area (Å²) in [6, 6.07) is 10.4. The monoisotopic (exact) mass is 327 g/mol. The molecule has 116 valence electrons. The second-order valence-electron chi connectivity index (χ2n) is 6.07. The average Bonchev–Trinajstić information content (AvgIpc) is 2.91. The van der Waals surface area contributed by atoms with Gasteiger partial charge in [-0.1, -0.05) is 44.2 Å². The molecule has 1 aromatic rings. The minimum Gasteiger partial charge on any atom is -0.353 e. The van der Waals surface area contributed by atoms with Crippen molar-refractivity contribution < 1.29 is 4.79 Å². The standard InChI is InChI=1S/C17H23Cl2NO/c1-4-16(13(3)17(16,18)19)15(21)20-12(2)10-11-14-8-6-5-7-9-14/h5-9,12-13H,4,10-11H2,1-3H3,(H,20,21)/t12-,13+,16+/m0/s1. The van der Waals surface area contributed by atoms with Gasteiger partial charge in [0.05, 0.1) is 5.41 Å². The lowest BCUT2D eigenvalue weighted by Gasteiger charge is -2.20. The van der Waals surface area contributed by atoms with Crippen molar-refractivity contribution in [3.05, 3.63) is 35.9 Å². The SMILES string of the molecule is CC[C@]1(C(=O)N[C@@H](C)CCc2ccccc2)[C@@H](C)C1(Cl)Cl. The lowest BCUT2D eigenvalue weighted by molar-refractivity contribution is -0.127. The fourth-order valence-corrected chi connectivity index (χ4v) is 4.17. The van der Waals surface area contributed by atoms with Crippen molar-refractivity contribution in [3.63, 3.8) is 0 Å². The largest absolute Gasteiger partial charge is 0.353 e. The Morgan fingerprint density at radius 3 is 2.38 bits per heavy atom. The second-order valence-corrected chi connectivity index (χ2v) is 7.45. The van der Waals surface area contributed by atoms with Gasteiger partial charge >= 0.3 is 0 Å². The lowest BCUT2D eigenvalue weighted by Crippen LogP contribution is -2.40. The van der Waals surface area contributed by atoms with Crippen molar-refractivity contribution >= 4 is 29.1 Å². The Bertz CT molecular complexity index is 503. The lowest BCUT2D eigenvalue weighted by atomic mass is 9.98. The molecule has 0 aromatic heterocycles. The number of halogens is 2. The number of nitrogens with one attached hydrogen (secondary N) is 1. The van der Waals surface area contributed by atoms with Gasteiger partial charge in [-0.05, 0) is 31.7 Å². The van der Waals surface area contributed by atoms with E-state index in [0.717, 1.165) is 12.8 Å². The maximum Gasteiger partial charge on any atom is 0.229 e. The minimum atomic E-state index is -0.926. The molecule has 0 spiro atoms. The highest BCUT2D eigenvalue weighted by Gasteiger charge is 2.76. The number of benzene rings is 1. The van der Waals surface area contributed by atoms with Crippen molar-refractivity contribution in [2.24, 2.45) is 11.3 Å². The number of carbonyl (C=O) groups excluding carboxylic acids is 1. The maximum absolute atomic E-state index is 12.5. The number of carbonyl (C=O) groups is 1. The zero-order chi connectivity index (χ0) is 15.7. The van der Waals surface area contributed by atoms with Gasteiger partial charge in [0, 0.05) is 12.0 Å². The summed E-state index contributed by atoms with van der Waals surface area (Å²) >= 11 is 12.5. The number of rotatable bonds is 6. The highest BCUT2D eigenvalue weighted by Crippen LogP contribution is 2.70. The van der Waals surface area contributed by atoms with Crippen molar-refractivity contribution in [2.75, 3.05) is 0 Å². The molecular formula is C17H23Cl2NO. The van der Waals surface area contributed by atoms with Gasteiger partial charge in [-0.15, -0.1) is 23.2 Å². The fourth-order valence-electron chi connectivity index (χ4n) is 3.14. The molecule has 1 saturated carbocycles. The summed E-state index contributed by atoms with van der Waals surface area (Å²) in [4.78, 5) is 12.5. The Morgan fingerprint density at radius 2 is 1.90 bits per heavy atom. The van der Waals surface area contributed by atoms with Crippen LogP contribution in [0, 0.1) is 11.3 Å². The van der Waals surface area contributed by atoms with Crippen LogP contribution in [-0.4, -0.2) is 16.3 Å². The summed E-state index contributed by atoms with van der Waals surface area (Å²) in [5, 5.41) is 3.08. The van der Waals surface area contributed by atoms with Crippen LogP contribution in [0.2, 0.25) is 0 Å². The molecular weight excluding hydrogens is 305 g/mol. The number of alkyl halides is 2. The predicted octanol–water partition coefficient (Wildman–Crippen LogP) is 4.34. The van der Waals surface area contributed by atoms with Crippen molar-refractivity contribution in [1.29, 1.82) is 0 Å². The summed E-state index contributed by atoms with van der Waals surface area (Å²) in [5.74, 6) is -0.0114. The number of amides is 1. The van der Waals surface area contributed by atoms with E-state index in [-0.39, 0.29) is 17.9 Å². The number of hydrogen-bond acceptors (Lipinski definition) is 1. The van der Waals surface area contributed by atoms with E-state index in [1.54, 1.807) is 0 Å². The van der Waals surface area contributed by atoms with E-state index < -0.39 is 9.75 Å². The molecule has 0 heterocycles. The number of aryl methyl sites for hydroxylation is 1. The zero-order valence-corrected chi connectivity index (χ0v) is 14.3. The molecule has 1 aromatic carbocycles. The van der Waals surface area contributed by atoms with Crippen LogP contribution in [0.4, 0.5) is 0 Å². The molecule has 0 bridgehead atoms. The van der Waals surface area contributed by atoms with Crippen LogP contribution in [0.1, 0.15) is 39.2 Å². The molecule has 0 unspecified atom stereocenters. The molecule has 21 heavy (non-hydrogen) atoms. The van der Waals surface area contributed by atoms with E-state index in [1.165, 1.54) is 5.56 Å². The fraction of sp³-hybridized carbons (Fsp3) is 0.588. The quantitative estimate of drug-likeness (QED) is 0.773. The highest BCUT2D eigenvalue weighted by atomic mass is 35.5. The van der Waals surface area contributed by atoms with E-state index >= 15 is 0 Å². The third kappa shape index (κ3) is 2.93. The van der Waals surface area contributed by atoms with Crippen LogP contribution in [0.5, 0.6) is 0 Å². The van der Waals surface area contributed by atoms with Crippen molar-refractivity contribution in [2.45, 2.75) is 50.4 Å². The molecule has 0 saturated heterocycles. The first-order valence-corrected chi connectivity index (χ1v) is 8.34. The van der Waals surface area contributed by atoms with Crippen LogP contribution < -0.4 is 5.32 Å². The van der Waals surface area contributed by atoms with Crippen LogP contribution in [0.3, 0.4) is 0 Å². The minimum absolute atomic E-state index is 0.000318. The van der Waals surface area contributed by atoms with Gasteiger partial charge in [0.1, 0.15) is 4.33 Å². The first kappa shape index (κ1) is 16.6. The zero-order valence-electron chi connectivity index (χ0n) is 12.8.